The number of hydrogen-bond donors (Lipinski definition) is 1. The molecule has 0 heterocycles. The zero-order chi connectivity index (χ0) is 20.5. The summed E-state index contributed by atoms with van der Waals surface area (Å²) in [5.74, 6) is 0.584. The lowest BCUT2D eigenvalue weighted by atomic mass is 10.1. The number of nitrogens with zero attached hydrogens (tertiary/aromatic N) is 1. The lowest BCUT2D eigenvalue weighted by molar-refractivity contribution is -0.140. The Labute approximate surface area is 172 Å². The van der Waals surface area contributed by atoms with Crippen molar-refractivity contribution in [2.75, 3.05) is 12.8 Å². The molecule has 0 aliphatic heterocycles. The zero-order valence-electron chi connectivity index (χ0n) is 17.2. The third-order valence-electron chi connectivity index (χ3n) is 4.71. The molecule has 4 nitrogen and oxygen atoms in total. The maximum absolute atomic E-state index is 13.0. The SMILES string of the molecule is CC[C@H](C(=O)NC)N(Cc1ccc(C)cc1)C(=O)CCSc1ccc(C)cc1. The van der Waals surface area contributed by atoms with Gasteiger partial charge in [-0.05, 0) is 38.0 Å². The van der Waals surface area contributed by atoms with Crippen molar-refractivity contribution in [3.63, 3.8) is 0 Å². The van der Waals surface area contributed by atoms with Gasteiger partial charge >= 0.3 is 0 Å². The third kappa shape index (κ3) is 6.41. The number of benzene rings is 2. The van der Waals surface area contributed by atoms with Crippen molar-refractivity contribution >= 4 is 23.6 Å². The van der Waals surface area contributed by atoms with Crippen molar-refractivity contribution in [1.29, 1.82) is 0 Å². The number of nitrogens with one attached hydrogen (secondary N) is 1. The summed E-state index contributed by atoms with van der Waals surface area (Å²) >= 11 is 1.67. The van der Waals surface area contributed by atoms with E-state index < -0.39 is 6.04 Å². The van der Waals surface area contributed by atoms with Gasteiger partial charge in [-0.15, -0.1) is 11.8 Å². The molecule has 1 N–H and O–H groups in total. The Morgan fingerprint density at radius 2 is 1.57 bits per heavy atom. The van der Waals surface area contributed by atoms with Crippen LogP contribution in [0.1, 0.15) is 36.5 Å². The minimum Gasteiger partial charge on any atom is -0.357 e. The van der Waals surface area contributed by atoms with E-state index in [9.17, 15) is 9.59 Å². The van der Waals surface area contributed by atoms with E-state index in [1.54, 1.807) is 23.7 Å². The highest BCUT2D eigenvalue weighted by molar-refractivity contribution is 7.99. The minimum absolute atomic E-state index is 0.00985. The first-order valence-electron chi connectivity index (χ1n) is 9.70. The van der Waals surface area contributed by atoms with Crippen LogP contribution in [0.4, 0.5) is 0 Å². The first kappa shape index (κ1) is 22.0. The van der Waals surface area contributed by atoms with E-state index in [1.165, 1.54) is 11.1 Å². The van der Waals surface area contributed by atoms with Crippen LogP contribution in [0.15, 0.2) is 53.4 Å². The highest BCUT2D eigenvalue weighted by Crippen LogP contribution is 2.21. The van der Waals surface area contributed by atoms with E-state index in [0.29, 0.717) is 25.1 Å². The smallest absolute Gasteiger partial charge is 0.242 e. The normalized spacial score (nSPS) is 11.7. The van der Waals surface area contributed by atoms with Gasteiger partial charge in [0.1, 0.15) is 6.04 Å². The quantitative estimate of drug-likeness (QED) is 0.639. The van der Waals surface area contributed by atoms with Crippen LogP contribution in [-0.4, -0.2) is 35.6 Å². The minimum atomic E-state index is -0.455. The number of hydrogen-bond acceptors (Lipinski definition) is 3. The first-order valence-corrected chi connectivity index (χ1v) is 10.7. The van der Waals surface area contributed by atoms with Gasteiger partial charge in [-0.1, -0.05) is 54.4 Å². The Hall–Kier alpha value is -2.27. The molecule has 0 radical (unpaired) electrons. The van der Waals surface area contributed by atoms with Crippen molar-refractivity contribution in [1.82, 2.24) is 10.2 Å². The summed E-state index contributed by atoms with van der Waals surface area (Å²) in [5, 5.41) is 2.70. The Kier molecular flexibility index (Phi) is 8.58. The van der Waals surface area contributed by atoms with E-state index in [4.69, 9.17) is 0 Å². The molecule has 1 atom stereocenters. The standard InChI is InChI=1S/C23H30N2O2S/c1-5-21(23(27)24-4)25(16-19-10-6-17(2)7-11-19)22(26)14-15-28-20-12-8-18(3)9-13-20/h6-13,21H,5,14-16H2,1-4H3,(H,24,27)/t21-/m1/s1. The van der Waals surface area contributed by atoms with Crippen molar-refractivity contribution in [2.45, 2.75) is 51.1 Å². The van der Waals surface area contributed by atoms with Gasteiger partial charge < -0.3 is 10.2 Å². The Balaban J connectivity index is 2.07. The number of thioether (sulfide) groups is 1. The van der Waals surface area contributed by atoms with Crippen molar-refractivity contribution in [3.05, 3.63) is 65.2 Å². The molecule has 2 aromatic carbocycles. The maximum Gasteiger partial charge on any atom is 0.242 e. The van der Waals surface area contributed by atoms with Crippen LogP contribution in [0.3, 0.4) is 0 Å². The van der Waals surface area contributed by atoms with Crippen molar-refractivity contribution < 1.29 is 9.59 Å². The molecule has 0 aromatic heterocycles. The topological polar surface area (TPSA) is 49.4 Å². The molecule has 2 amide bonds. The summed E-state index contributed by atoms with van der Waals surface area (Å²) < 4.78 is 0. The summed E-state index contributed by atoms with van der Waals surface area (Å²) in [7, 11) is 1.62. The first-order chi connectivity index (χ1) is 13.4. The molecule has 0 unspecified atom stereocenters. The Bertz CT molecular complexity index is 772. The fourth-order valence-corrected chi connectivity index (χ4v) is 3.85. The third-order valence-corrected chi connectivity index (χ3v) is 5.73. The van der Waals surface area contributed by atoms with Gasteiger partial charge in [0.05, 0.1) is 0 Å². The highest BCUT2D eigenvalue weighted by Gasteiger charge is 2.27. The molecular formula is C23H30N2O2S. The number of carbonyl (C=O) groups is 2. The van der Waals surface area contributed by atoms with E-state index in [0.717, 1.165) is 10.5 Å². The van der Waals surface area contributed by atoms with Gasteiger partial charge in [-0.25, -0.2) is 0 Å². The van der Waals surface area contributed by atoms with Crippen LogP contribution in [-0.2, 0) is 16.1 Å². The largest absolute Gasteiger partial charge is 0.357 e. The second-order valence-corrected chi connectivity index (χ2v) is 8.13. The lowest BCUT2D eigenvalue weighted by Gasteiger charge is -2.30. The molecular weight excluding hydrogens is 368 g/mol. The van der Waals surface area contributed by atoms with Crippen LogP contribution in [0.25, 0.3) is 0 Å². The Morgan fingerprint density at radius 3 is 2.11 bits per heavy atom. The summed E-state index contributed by atoms with van der Waals surface area (Å²) in [4.78, 5) is 28.2. The van der Waals surface area contributed by atoms with Gasteiger partial charge in [0.15, 0.2) is 0 Å². The molecule has 0 bridgehead atoms. The van der Waals surface area contributed by atoms with Gasteiger partial charge in [0.2, 0.25) is 11.8 Å². The molecule has 0 saturated heterocycles. The average molecular weight is 399 g/mol. The number of rotatable bonds is 9. The number of amides is 2. The molecule has 2 rings (SSSR count). The molecule has 0 saturated carbocycles. The van der Waals surface area contributed by atoms with Crippen LogP contribution >= 0.6 is 11.8 Å². The van der Waals surface area contributed by atoms with Gasteiger partial charge in [-0.3, -0.25) is 9.59 Å². The predicted octanol–water partition coefficient (Wildman–Crippen LogP) is 4.34. The molecule has 0 fully saturated rings. The van der Waals surface area contributed by atoms with Crippen LogP contribution in [0.2, 0.25) is 0 Å². The van der Waals surface area contributed by atoms with E-state index in [-0.39, 0.29) is 11.8 Å². The molecule has 0 spiro atoms. The Morgan fingerprint density at radius 1 is 1.00 bits per heavy atom. The second-order valence-electron chi connectivity index (χ2n) is 6.96. The fraction of sp³-hybridized carbons (Fsp3) is 0.391. The maximum atomic E-state index is 13.0. The molecule has 5 heteroatoms. The number of aryl methyl sites for hydroxylation is 2. The van der Waals surface area contributed by atoms with E-state index >= 15 is 0 Å². The zero-order valence-corrected chi connectivity index (χ0v) is 18.0. The number of carbonyl (C=O) groups excluding carboxylic acids is 2. The van der Waals surface area contributed by atoms with Crippen molar-refractivity contribution in [2.24, 2.45) is 0 Å². The average Bonchev–Trinajstić information content (AvgIpc) is 2.70. The van der Waals surface area contributed by atoms with Crippen LogP contribution < -0.4 is 5.32 Å². The van der Waals surface area contributed by atoms with E-state index in [2.05, 4.69) is 36.5 Å². The summed E-state index contributed by atoms with van der Waals surface area (Å²) in [6, 6.07) is 16.0. The molecule has 28 heavy (non-hydrogen) atoms. The van der Waals surface area contributed by atoms with Crippen LogP contribution in [0.5, 0.6) is 0 Å². The molecule has 2 aromatic rings. The van der Waals surface area contributed by atoms with Gasteiger partial charge in [0.25, 0.3) is 0 Å². The molecule has 150 valence electrons. The van der Waals surface area contributed by atoms with E-state index in [1.807, 2.05) is 38.1 Å². The monoisotopic (exact) mass is 398 g/mol. The summed E-state index contributed by atoms with van der Waals surface area (Å²) in [6.07, 6.45) is 0.986. The summed E-state index contributed by atoms with van der Waals surface area (Å²) in [6.45, 7) is 6.48. The molecule has 0 aliphatic rings. The summed E-state index contributed by atoms with van der Waals surface area (Å²) in [5.41, 5.74) is 3.43. The van der Waals surface area contributed by atoms with Crippen LogP contribution in [0, 0.1) is 13.8 Å². The molecule has 0 aliphatic carbocycles. The van der Waals surface area contributed by atoms with Crippen molar-refractivity contribution in [3.8, 4) is 0 Å². The lowest BCUT2D eigenvalue weighted by Crippen LogP contribution is -2.48. The fourth-order valence-electron chi connectivity index (χ4n) is 3.01. The van der Waals surface area contributed by atoms with Gasteiger partial charge in [0, 0.05) is 30.7 Å². The van der Waals surface area contributed by atoms with Gasteiger partial charge in [-0.2, -0.15) is 0 Å². The number of likely N-dealkylation sites (N-methyl/N-ethyl adjacent to an activating group) is 1. The highest BCUT2D eigenvalue weighted by atomic mass is 32.2. The second kappa shape index (κ2) is 10.9. The predicted molar refractivity (Wildman–Crippen MR) is 116 cm³/mol.